The maximum atomic E-state index is 7.02. The van der Waals surface area contributed by atoms with Gasteiger partial charge in [0, 0.05) is 5.92 Å². The van der Waals surface area contributed by atoms with Gasteiger partial charge in [-0.2, -0.15) is 0 Å². The molecule has 0 bridgehead atoms. The topological polar surface area (TPSA) is 34.5 Å². The van der Waals surface area contributed by atoms with Gasteiger partial charge in [-0.15, -0.1) is 0 Å². The fraction of sp³-hybridized carbons (Fsp3) is 0.500. The highest BCUT2D eigenvalue weighted by molar-refractivity contribution is 5.61. The summed E-state index contributed by atoms with van der Waals surface area (Å²) in [5.74, 6) is 2.16. The third-order valence-corrected chi connectivity index (χ3v) is 2.39. The Morgan fingerprint density at radius 3 is 2.71 bits per heavy atom. The lowest BCUT2D eigenvalue weighted by Crippen LogP contribution is -2.01. The molecule has 1 unspecified atom stereocenters. The summed E-state index contributed by atoms with van der Waals surface area (Å²) in [4.78, 5) is 11.4. The number of hydrogen-bond donors (Lipinski definition) is 0. The van der Waals surface area contributed by atoms with Crippen molar-refractivity contribution >= 4 is 18.4 Å². The van der Waals surface area contributed by atoms with E-state index in [1.54, 1.807) is 4.57 Å². The molecule has 0 aliphatic carbocycles. The molecule has 1 rings (SSSR count). The van der Waals surface area contributed by atoms with Crippen molar-refractivity contribution in [2.45, 2.75) is 26.2 Å². The van der Waals surface area contributed by atoms with Crippen molar-refractivity contribution < 1.29 is 0 Å². The molecular formula is C10H14N4. The van der Waals surface area contributed by atoms with E-state index in [2.05, 4.69) is 35.4 Å². The van der Waals surface area contributed by atoms with E-state index in [4.69, 9.17) is 6.57 Å². The second-order valence-corrected chi connectivity index (χ2v) is 3.26. The minimum atomic E-state index is 0.344. The van der Waals surface area contributed by atoms with E-state index in [-0.39, 0.29) is 0 Å². The van der Waals surface area contributed by atoms with Crippen molar-refractivity contribution in [2.75, 3.05) is 0 Å². The average molecular weight is 190 g/mol. The highest BCUT2D eigenvalue weighted by Crippen LogP contribution is 2.31. The van der Waals surface area contributed by atoms with Crippen molar-refractivity contribution in [3.63, 3.8) is 0 Å². The van der Waals surface area contributed by atoms with Crippen molar-refractivity contribution in [3.8, 4) is 0 Å². The Bertz CT molecular complexity index is 384. The second-order valence-electron chi connectivity index (χ2n) is 3.26. The molecule has 1 atom stereocenters. The Hall–Kier alpha value is -1.63. The van der Waals surface area contributed by atoms with Gasteiger partial charge in [0.15, 0.2) is 11.6 Å². The van der Waals surface area contributed by atoms with E-state index in [9.17, 15) is 0 Å². The van der Waals surface area contributed by atoms with Gasteiger partial charge in [-0.05, 0) is 13.1 Å². The van der Waals surface area contributed by atoms with Crippen LogP contribution in [0.15, 0.2) is 4.99 Å². The zero-order valence-electron chi connectivity index (χ0n) is 8.78. The Balaban J connectivity index is 3.29. The monoisotopic (exact) mass is 190 g/mol. The van der Waals surface area contributed by atoms with Crippen LogP contribution in [0.3, 0.4) is 0 Å². The van der Waals surface area contributed by atoms with Gasteiger partial charge in [0.2, 0.25) is 0 Å². The number of rotatable bonds is 3. The molecule has 0 spiro atoms. The van der Waals surface area contributed by atoms with Crippen molar-refractivity contribution in [3.05, 3.63) is 17.2 Å². The zero-order valence-corrected chi connectivity index (χ0v) is 8.78. The maximum absolute atomic E-state index is 7.02. The first-order valence-electron chi connectivity index (χ1n) is 4.56. The normalized spacial score (nSPS) is 12.1. The largest absolute Gasteiger partial charge is 0.360 e. The van der Waals surface area contributed by atoms with Gasteiger partial charge in [-0.25, -0.2) is 4.98 Å². The molecule has 4 nitrogen and oxygen atoms in total. The predicted molar refractivity (Wildman–Crippen MR) is 57.4 cm³/mol. The van der Waals surface area contributed by atoms with Gasteiger partial charge >= 0.3 is 0 Å². The van der Waals surface area contributed by atoms with E-state index in [1.165, 1.54) is 0 Å². The van der Waals surface area contributed by atoms with Crippen LogP contribution in [0.4, 0.5) is 11.6 Å². The van der Waals surface area contributed by atoms with Gasteiger partial charge in [0.05, 0.1) is 7.05 Å². The lowest BCUT2D eigenvalue weighted by molar-refractivity contribution is 0.645. The Kier molecular flexibility index (Phi) is 3.03. The quantitative estimate of drug-likeness (QED) is 0.533. The molecule has 0 saturated carbocycles. The zero-order chi connectivity index (χ0) is 10.7. The van der Waals surface area contributed by atoms with Gasteiger partial charge in [0.25, 0.3) is 5.82 Å². The van der Waals surface area contributed by atoms with Gasteiger partial charge in [-0.1, -0.05) is 20.4 Å². The molecule has 1 heterocycles. The summed E-state index contributed by atoms with van der Waals surface area (Å²) in [6.07, 6.45) is 0.999. The van der Waals surface area contributed by atoms with Crippen molar-refractivity contribution in [2.24, 2.45) is 12.0 Å². The number of imidazole rings is 1. The number of aliphatic imine (C=N–C) groups is 1. The van der Waals surface area contributed by atoms with E-state index in [1.807, 2.05) is 7.05 Å². The molecule has 0 radical (unpaired) electrons. The summed E-state index contributed by atoms with van der Waals surface area (Å²) in [5.41, 5.74) is 0. The van der Waals surface area contributed by atoms with Crippen LogP contribution in [-0.4, -0.2) is 16.3 Å². The summed E-state index contributed by atoms with van der Waals surface area (Å²) in [6, 6.07) is 0. The smallest absolute Gasteiger partial charge is 0.275 e. The van der Waals surface area contributed by atoms with Crippen LogP contribution >= 0.6 is 0 Å². The van der Waals surface area contributed by atoms with Crippen molar-refractivity contribution in [1.29, 1.82) is 0 Å². The first kappa shape index (κ1) is 10.5. The molecule has 0 fully saturated rings. The minimum absolute atomic E-state index is 0.344. The summed E-state index contributed by atoms with van der Waals surface area (Å²) in [7, 11) is 1.84. The standard InChI is InChI=1S/C10H14N4/c1-6-7(2)9-13-8(11-3)10(12-4)14(9)5/h7H,3,6H2,1-2,5H3. The lowest BCUT2D eigenvalue weighted by Gasteiger charge is -2.04. The number of hydrogen-bond acceptors (Lipinski definition) is 2. The van der Waals surface area contributed by atoms with Crippen molar-refractivity contribution in [1.82, 2.24) is 9.55 Å². The van der Waals surface area contributed by atoms with Crippen LogP contribution in [0, 0.1) is 6.57 Å². The highest BCUT2D eigenvalue weighted by atomic mass is 15.2. The molecule has 14 heavy (non-hydrogen) atoms. The molecule has 0 aliphatic rings. The summed E-state index contributed by atoms with van der Waals surface area (Å²) in [6.45, 7) is 14.6. The molecule has 0 aromatic carbocycles. The average Bonchev–Trinajstić information content (AvgIpc) is 2.53. The number of nitrogens with zero attached hydrogens (tertiary/aromatic N) is 4. The van der Waals surface area contributed by atoms with E-state index in [0.29, 0.717) is 17.6 Å². The van der Waals surface area contributed by atoms with Crippen LogP contribution in [0.2, 0.25) is 0 Å². The Morgan fingerprint density at radius 1 is 1.71 bits per heavy atom. The predicted octanol–water partition coefficient (Wildman–Crippen LogP) is 2.82. The van der Waals surface area contributed by atoms with Crippen LogP contribution < -0.4 is 0 Å². The number of aromatic nitrogens is 2. The molecular weight excluding hydrogens is 176 g/mol. The first-order chi connectivity index (χ1) is 6.65. The van der Waals surface area contributed by atoms with E-state index in [0.717, 1.165) is 12.2 Å². The molecule has 4 heteroatoms. The molecule has 1 aromatic heterocycles. The molecule has 1 aromatic rings. The fourth-order valence-electron chi connectivity index (χ4n) is 1.35. The first-order valence-corrected chi connectivity index (χ1v) is 4.56. The minimum Gasteiger partial charge on any atom is -0.360 e. The summed E-state index contributed by atoms with van der Waals surface area (Å²) >= 11 is 0. The third kappa shape index (κ3) is 1.53. The molecule has 0 amide bonds. The van der Waals surface area contributed by atoms with E-state index < -0.39 is 0 Å². The van der Waals surface area contributed by atoms with Gasteiger partial charge in [-0.3, -0.25) is 9.56 Å². The van der Waals surface area contributed by atoms with Crippen LogP contribution in [0.5, 0.6) is 0 Å². The fourth-order valence-corrected chi connectivity index (χ4v) is 1.35. The van der Waals surface area contributed by atoms with Gasteiger partial charge < -0.3 is 4.85 Å². The maximum Gasteiger partial charge on any atom is 0.275 e. The van der Waals surface area contributed by atoms with Gasteiger partial charge in [0.1, 0.15) is 0 Å². The molecule has 0 aliphatic heterocycles. The summed E-state index contributed by atoms with van der Waals surface area (Å²) < 4.78 is 1.80. The molecule has 74 valence electrons. The lowest BCUT2D eigenvalue weighted by atomic mass is 10.1. The third-order valence-electron chi connectivity index (χ3n) is 2.39. The Morgan fingerprint density at radius 2 is 2.36 bits per heavy atom. The second kappa shape index (κ2) is 4.05. The highest BCUT2D eigenvalue weighted by Gasteiger charge is 2.18. The van der Waals surface area contributed by atoms with Crippen LogP contribution in [-0.2, 0) is 7.05 Å². The summed E-state index contributed by atoms with van der Waals surface area (Å²) in [5, 5.41) is 0. The molecule has 0 N–H and O–H groups in total. The van der Waals surface area contributed by atoms with Crippen LogP contribution in [0.1, 0.15) is 32.0 Å². The molecule has 0 saturated heterocycles. The Labute approximate surface area is 84.1 Å². The SMILES string of the molecule is [C-]#[N+]c1c(N=C)nc(C(C)CC)n1C. The van der Waals surface area contributed by atoms with E-state index >= 15 is 0 Å². The van der Waals surface area contributed by atoms with Crippen LogP contribution in [0.25, 0.3) is 4.85 Å².